The van der Waals surface area contributed by atoms with Crippen molar-refractivity contribution in [3.63, 3.8) is 0 Å². The smallest absolute Gasteiger partial charge is 0.334 e. The average molecular weight is 411 g/mol. The molecule has 30 heavy (non-hydrogen) atoms. The van der Waals surface area contributed by atoms with E-state index in [-0.39, 0.29) is 6.54 Å². The zero-order valence-electron chi connectivity index (χ0n) is 17.6. The molecule has 0 bridgehead atoms. The van der Waals surface area contributed by atoms with E-state index in [9.17, 15) is 19.2 Å². The Morgan fingerprint density at radius 2 is 1.63 bits per heavy atom. The first-order chi connectivity index (χ1) is 14.3. The number of rotatable bonds is 8. The van der Waals surface area contributed by atoms with Crippen LogP contribution in [0.4, 0.5) is 4.79 Å². The molecule has 0 spiro atoms. The van der Waals surface area contributed by atoms with Crippen molar-refractivity contribution in [3.8, 4) is 11.4 Å². The molecule has 1 aliphatic heterocycles. The van der Waals surface area contributed by atoms with Gasteiger partial charge in [0.25, 0.3) is 0 Å². The van der Waals surface area contributed by atoms with E-state index in [2.05, 4.69) is 0 Å². The van der Waals surface area contributed by atoms with Crippen molar-refractivity contribution in [1.82, 2.24) is 14.4 Å². The predicted molar refractivity (Wildman–Crippen MR) is 110 cm³/mol. The summed E-state index contributed by atoms with van der Waals surface area (Å²) in [5.41, 5.74) is 2.79. The third kappa shape index (κ3) is 3.72. The van der Waals surface area contributed by atoms with Crippen LogP contribution in [0.1, 0.15) is 41.5 Å². The van der Waals surface area contributed by atoms with Gasteiger partial charge in [0.05, 0.1) is 13.7 Å². The molecule has 2 heterocycles. The van der Waals surface area contributed by atoms with Crippen LogP contribution in [-0.2, 0) is 9.59 Å². The largest absolute Gasteiger partial charge is 0.497 e. The van der Waals surface area contributed by atoms with Gasteiger partial charge in [-0.05, 0) is 50.6 Å². The Bertz CT molecular complexity index is 1010. The molecule has 8 heteroatoms. The fourth-order valence-electron chi connectivity index (χ4n) is 3.61. The highest BCUT2D eigenvalue weighted by Crippen LogP contribution is 2.24. The Morgan fingerprint density at radius 1 is 1.00 bits per heavy atom. The van der Waals surface area contributed by atoms with Crippen molar-refractivity contribution >= 4 is 23.6 Å². The van der Waals surface area contributed by atoms with Gasteiger partial charge in [0.1, 0.15) is 5.75 Å². The highest BCUT2D eigenvalue weighted by molar-refractivity contribution is 6.45. The zero-order chi connectivity index (χ0) is 22.0. The number of unbranched alkanes of at least 4 members (excludes halogenated alkanes) is 1. The van der Waals surface area contributed by atoms with Crippen molar-refractivity contribution in [2.45, 2.75) is 33.6 Å². The van der Waals surface area contributed by atoms with E-state index < -0.39 is 30.2 Å². The highest BCUT2D eigenvalue weighted by atomic mass is 16.5. The molecule has 0 N–H and O–H groups in total. The monoisotopic (exact) mass is 411 g/mol. The minimum absolute atomic E-state index is 0.177. The van der Waals surface area contributed by atoms with Gasteiger partial charge in [0.2, 0.25) is 0 Å². The Kier molecular flexibility index (Phi) is 6.05. The molecule has 0 radical (unpaired) electrons. The number of hydrogen-bond acceptors (Lipinski definition) is 5. The number of methoxy groups -OCH3 is 1. The van der Waals surface area contributed by atoms with Crippen molar-refractivity contribution in [1.29, 1.82) is 0 Å². The average Bonchev–Trinajstić information content (AvgIpc) is 3.14. The van der Waals surface area contributed by atoms with Crippen LogP contribution in [0.5, 0.6) is 5.75 Å². The highest BCUT2D eigenvalue weighted by Gasteiger charge is 2.44. The van der Waals surface area contributed by atoms with E-state index in [1.807, 2.05) is 42.7 Å². The van der Waals surface area contributed by atoms with Crippen molar-refractivity contribution in [2.24, 2.45) is 0 Å². The third-order valence-electron chi connectivity index (χ3n) is 5.23. The topological polar surface area (TPSA) is 88.9 Å². The van der Waals surface area contributed by atoms with Crippen LogP contribution in [-0.4, -0.2) is 58.2 Å². The molecule has 1 aliphatic rings. The first-order valence-electron chi connectivity index (χ1n) is 9.84. The summed E-state index contributed by atoms with van der Waals surface area (Å²) in [6.07, 6.45) is 1.39. The SMILES string of the molecule is CCCCN1C(=O)C(=O)N(CC(=O)c2cc(C)n(-c3ccc(OC)cc3)c2C)C1=O. The lowest BCUT2D eigenvalue weighted by Gasteiger charge is -2.15. The molecule has 0 unspecified atom stereocenters. The van der Waals surface area contributed by atoms with Crippen molar-refractivity contribution in [3.05, 3.63) is 47.3 Å². The number of carbonyl (C=O) groups is 4. The molecule has 4 amide bonds. The minimum atomic E-state index is -0.951. The quantitative estimate of drug-likeness (QED) is 0.379. The fourth-order valence-corrected chi connectivity index (χ4v) is 3.61. The number of ketones is 1. The molecule has 8 nitrogen and oxygen atoms in total. The summed E-state index contributed by atoms with van der Waals surface area (Å²) in [6.45, 7) is 5.31. The lowest BCUT2D eigenvalue weighted by Crippen LogP contribution is -2.37. The molecular weight excluding hydrogens is 386 g/mol. The number of imide groups is 2. The maximum absolute atomic E-state index is 12.9. The summed E-state index contributed by atoms with van der Waals surface area (Å²) in [7, 11) is 1.59. The molecule has 0 aliphatic carbocycles. The summed E-state index contributed by atoms with van der Waals surface area (Å²) >= 11 is 0. The lowest BCUT2D eigenvalue weighted by molar-refractivity contribution is -0.143. The number of aryl methyl sites for hydroxylation is 1. The summed E-state index contributed by atoms with van der Waals surface area (Å²) in [5, 5.41) is 0. The Morgan fingerprint density at radius 3 is 2.23 bits per heavy atom. The normalized spacial score (nSPS) is 14.1. The second-order valence-electron chi connectivity index (χ2n) is 7.23. The molecule has 0 atom stereocenters. The van der Waals surface area contributed by atoms with Gasteiger partial charge < -0.3 is 9.30 Å². The van der Waals surface area contributed by atoms with E-state index in [0.717, 1.165) is 33.4 Å². The van der Waals surface area contributed by atoms with Crippen LogP contribution in [0.2, 0.25) is 0 Å². The number of urea groups is 1. The van der Waals surface area contributed by atoms with E-state index in [0.29, 0.717) is 17.7 Å². The Hall–Kier alpha value is -3.42. The van der Waals surface area contributed by atoms with Gasteiger partial charge in [-0.25, -0.2) is 9.69 Å². The van der Waals surface area contributed by atoms with Gasteiger partial charge >= 0.3 is 17.8 Å². The van der Waals surface area contributed by atoms with Gasteiger partial charge in [-0.2, -0.15) is 0 Å². The zero-order valence-corrected chi connectivity index (χ0v) is 17.6. The number of amides is 4. The number of hydrogen-bond donors (Lipinski definition) is 0. The molecular formula is C22H25N3O5. The first-order valence-corrected chi connectivity index (χ1v) is 9.84. The maximum atomic E-state index is 12.9. The first kappa shape index (κ1) is 21.3. The van der Waals surface area contributed by atoms with Gasteiger partial charge in [-0.3, -0.25) is 19.3 Å². The fraction of sp³-hybridized carbons (Fsp3) is 0.364. The standard InChI is InChI=1S/C22H25N3O5/c1-5-6-11-23-20(27)21(28)24(22(23)29)13-19(26)18-12-14(2)25(15(18)3)16-7-9-17(30-4)10-8-16/h7-10,12H,5-6,11,13H2,1-4H3. The lowest BCUT2D eigenvalue weighted by atomic mass is 10.1. The molecule has 3 rings (SSSR count). The second-order valence-corrected chi connectivity index (χ2v) is 7.23. The maximum Gasteiger partial charge on any atom is 0.334 e. The van der Waals surface area contributed by atoms with E-state index in [1.165, 1.54) is 0 Å². The molecule has 158 valence electrons. The number of benzene rings is 1. The van der Waals surface area contributed by atoms with Crippen molar-refractivity contribution in [2.75, 3.05) is 20.2 Å². The van der Waals surface area contributed by atoms with Crippen LogP contribution < -0.4 is 4.74 Å². The summed E-state index contributed by atoms with van der Waals surface area (Å²) in [6, 6.07) is 8.41. The van der Waals surface area contributed by atoms with E-state index in [1.54, 1.807) is 20.1 Å². The van der Waals surface area contributed by atoms with Crippen LogP contribution in [0, 0.1) is 13.8 Å². The number of Topliss-reactive ketones (excluding diaryl/α,β-unsaturated/α-hetero) is 1. The second kappa shape index (κ2) is 8.52. The van der Waals surface area contributed by atoms with Crippen LogP contribution in [0.3, 0.4) is 0 Å². The Labute approximate surface area is 175 Å². The summed E-state index contributed by atoms with van der Waals surface area (Å²) in [5.74, 6) is -1.49. The van der Waals surface area contributed by atoms with Gasteiger partial charge in [-0.15, -0.1) is 0 Å². The number of nitrogens with zero attached hydrogens (tertiary/aromatic N) is 3. The van der Waals surface area contributed by atoms with Crippen LogP contribution >= 0.6 is 0 Å². The van der Waals surface area contributed by atoms with Crippen LogP contribution in [0.15, 0.2) is 30.3 Å². The van der Waals surface area contributed by atoms with Crippen LogP contribution in [0.25, 0.3) is 5.69 Å². The Balaban J connectivity index is 1.83. The van der Waals surface area contributed by atoms with Crippen molar-refractivity contribution < 1.29 is 23.9 Å². The third-order valence-corrected chi connectivity index (χ3v) is 5.23. The molecule has 1 fully saturated rings. The number of ether oxygens (including phenoxy) is 1. The van der Waals surface area contributed by atoms with Gasteiger partial charge in [0, 0.05) is 29.2 Å². The molecule has 2 aromatic rings. The molecule has 1 saturated heterocycles. The van der Waals surface area contributed by atoms with Gasteiger partial charge in [-0.1, -0.05) is 13.3 Å². The van der Waals surface area contributed by atoms with E-state index >= 15 is 0 Å². The molecule has 1 aromatic carbocycles. The van der Waals surface area contributed by atoms with E-state index in [4.69, 9.17) is 4.74 Å². The summed E-state index contributed by atoms with van der Waals surface area (Å²) < 4.78 is 7.10. The molecule has 1 aromatic heterocycles. The predicted octanol–water partition coefficient (Wildman–Crippen LogP) is 2.88. The minimum Gasteiger partial charge on any atom is -0.497 e. The van der Waals surface area contributed by atoms with Gasteiger partial charge in [0.15, 0.2) is 5.78 Å². The molecule has 0 saturated carbocycles. The summed E-state index contributed by atoms with van der Waals surface area (Å²) in [4.78, 5) is 51.4. The number of carbonyl (C=O) groups excluding carboxylic acids is 4. The number of aromatic nitrogens is 1.